The minimum absolute atomic E-state index is 0.0102. The summed E-state index contributed by atoms with van der Waals surface area (Å²) in [4.78, 5) is 72.8. The highest BCUT2D eigenvalue weighted by Gasteiger charge is 2.28. The van der Waals surface area contributed by atoms with Crippen LogP contribution in [0.15, 0.2) is 12.4 Å². The van der Waals surface area contributed by atoms with Crippen LogP contribution in [0.4, 0.5) is 0 Å². The van der Waals surface area contributed by atoms with Crippen LogP contribution in [0.1, 0.15) is 75.5 Å². The maximum absolute atomic E-state index is 12.8. The molecule has 6 unspecified atom stereocenters. The summed E-state index contributed by atoms with van der Waals surface area (Å²) in [6, 6.07) is -6.39. The number of carbonyl (C=O) groups is 6. The van der Waals surface area contributed by atoms with E-state index >= 15 is 0 Å². The molecule has 0 fully saturated rings. The first-order valence-corrected chi connectivity index (χ1v) is 15.5. The van der Waals surface area contributed by atoms with Gasteiger partial charge in [-0.3, -0.25) is 24.0 Å². The first-order chi connectivity index (χ1) is 21.6. The van der Waals surface area contributed by atoms with Crippen molar-refractivity contribution in [1.82, 2.24) is 16.0 Å². The SMILES string of the molecule is CC1NC(=O)C(N)CCCc2c(CCC(N)C(=O)O)c[n+](CCCCC(N)C(=O)O)cc2CCC(C(=O)O)NC(=O)C(C)NC1=O. The minimum atomic E-state index is -1.28. The van der Waals surface area contributed by atoms with E-state index in [0.29, 0.717) is 38.6 Å². The van der Waals surface area contributed by atoms with Crippen LogP contribution in [-0.2, 0) is 54.6 Å². The van der Waals surface area contributed by atoms with Gasteiger partial charge in [0.2, 0.25) is 17.7 Å². The van der Waals surface area contributed by atoms with Gasteiger partial charge in [-0.1, -0.05) is 0 Å². The zero-order valence-electron chi connectivity index (χ0n) is 26.4. The Morgan fingerprint density at radius 2 is 1.43 bits per heavy atom. The number of carbonyl (C=O) groups excluding carboxylic acids is 3. The summed E-state index contributed by atoms with van der Waals surface area (Å²) in [5, 5.41) is 35.8. The van der Waals surface area contributed by atoms with Crippen molar-refractivity contribution in [1.29, 1.82) is 0 Å². The lowest BCUT2D eigenvalue weighted by Gasteiger charge is -2.21. The predicted octanol–water partition coefficient (Wildman–Crippen LogP) is -1.92. The molecule has 0 spiro atoms. The van der Waals surface area contributed by atoms with E-state index in [0.717, 1.165) is 16.7 Å². The molecule has 2 heterocycles. The Hall–Kier alpha value is -4.15. The van der Waals surface area contributed by atoms with Gasteiger partial charge in [-0.15, -0.1) is 0 Å². The van der Waals surface area contributed by atoms with Crippen LogP contribution in [0.5, 0.6) is 0 Å². The molecule has 0 bridgehead atoms. The summed E-state index contributed by atoms with van der Waals surface area (Å²) in [6.07, 6.45) is 6.96. The minimum Gasteiger partial charge on any atom is -0.480 e. The molecule has 0 saturated heterocycles. The number of pyridine rings is 1. The van der Waals surface area contributed by atoms with E-state index in [1.165, 1.54) is 13.8 Å². The van der Waals surface area contributed by atoms with Crippen LogP contribution in [-0.4, -0.2) is 87.2 Å². The maximum Gasteiger partial charge on any atom is 0.326 e. The smallest absolute Gasteiger partial charge is 0.326 e. The second-order valence-corrected chi connectivity index (χ2v) is 11.8. The van der Waals surface area contributed by atoms with Crippen molar-refractivity contribution in [3.8, 4) is 0 Å². The number of aliphatic carboxylic acids is 3. The number of carboxylic acids is 3. The zero-order valence-corrected chi connectivity index (χ0v) is 26.4. The Morgan fingerprint density at radius 3 is 2.04 bits per heavy atom. The molecule has 0 radical (unpaired) electrons. The van der Waals surface area contributed by atoms with Crippen molar-refractivity contribution in [2.75, 3.05) is 0 Å². The van der Waals surface area contributed by atoms with Crippen molar-refractivity contribution in [2.45, 2.75) is 121 Å². The molecule has 12 N–H and O–H groups in total. The lowest BCUT2D eigenvalue weighted by molar-refractivity contribution is -0.698. The number of amides is 3. The van der Waals surface area contributed by atoms with Crippen LogP contribution >= 0.6 is 0 Å². The molecule has 16 nitrogen and oxygen atoms in total. The standard InChI is InChI=1S/C30H47N7O9/c1-16-25(38)34-17(2)26(39)36-24(30(45)46)12-10-19-15-37(13-4-3-7-22(32)28(41)42)14-18(9-11-23(33)29(43)44)20(19)6-5-8-21(31)27(40)35-16/h14-17,21-24H,3-13,31-33H2,1-2H3,(H5-,34,35,36,38,39,40,41,42,43,44,45,46)/p+1. The Labute approximate surface area is 267 Å². The van der Waals surface area contributed by atoms with Gasteiger partial charge in [0.1, 0.15) is 36.8 Å². The summed E-state index contributed by atoms with van der Waals surface area (Å²) in [6.45, 7) is 3.33. The molecule has 6 atom stereocenters. The molecule has 256 valence electrons. The topological polar surface area (TPSA) is 281 Å². The molecule has 0 aliphatic carbocycles. The molecule has 3 amide bonds. The van der Waals surface area contributed by atoms with Crippen LogP contribution in [0.3, 0.4) is 0 Å². The van der Waals surface area contributed by atoms with Crippen molar-refractivity contribution in [2.24, 2.45) is 17.2 Å². The van der Waals surface area contributed by atoms with E-state index in [-0.39, 0.29) is 32.1 Å². The van der Waals surface area contributed by atoms with Gasteiger partial charge in [0, 0.05) is 17.5 Å². The normalized spacial score (nSPS) is 23.1. The lowest BCUT2D eigenvalue weighted by atomic mass is 9.91. The van der Waals surface area contributed by atoms with E-state index in [1.807, 2.05) is 17.0 Å². The average molecular weight is 651 g/mol. The molecule has 2 rings (SSSR count). The number of nitrogens with zero attached hydrogens (tertiary/aromatic N) is 1. The zero-order chi connectivity index (χ0) is 34.6. The summed E-state index contributed by atoms with van der Waals surface area (Å²) < 4.78 is 1.89. The Balaban J connectivity index is 2.49. The fourth-order valence-electron chi connectivity index (χ4n) is 5.17. The third-order valence-electron chi connectivity index (χ3n) is 8.06. The molecule has 16 heteroatoms. The highest BCUT2D eigenvalue weighted by molar-refractivity contribution is 5.93. The number of carboxylic acid groups (broad SMARTS) is 3. The highest BCUT2D eigenvalue weighted by atomic mass is 16.4. The van der Waals surface area contributed by atoms with E-state index < -0.39 is 71.9 Å². The third kappa shape index (κ3) is 12.0. The molecule has 1 aromatic rings. The van der Waals surface area contributed by atoms with Crippen LogP contribution in [0.2, 0.25) is 0 Å². The largest absolute Gasteiger partial charge is 0.480 e. The average Bonchev–Trinajstić information content (AvgIpc) is 2.99. The number of nitrogens with one attached hydrogen (secondary N) is 3. The molecule has 46 heavy (non-hydrogen) atoms. The summed E-state index contributed by atoms with van der Waals surface area (Å²) in [5.74, 6) is -5.38. The fourth-order valence-corrected chi connectivity index (χ4v) is 5.17. The molecule has 1 aromatic heterocycles. The third-order valence-corrected chi connectivity index (χ3v) is 8.06. The molecule has 0 aromatic carbocycles. The quantitative estimate of drug-likeness (QED) is 0.0936. The highest BCUT2D eigenvalue weighted by Crippen LogP contribution is 2.21. The maximum atomic E-state index is 12.8. The summed E-state index contributed by atoms with van der Waals surface area (Å²) >= 11 is 0. The summed E-state index contributed by atoms with van der Waals surface area (Å²) in [5.41, 5.74) is 20.0. The molecule has 1 aliphatic heterocycles. The van der Waals surface area contributed by atoms with Crippen LogP contribution in [0.25, 0.3) is 0 Å². The number of hydrogen-bond donors (Lipinski definition) is 9. The molecule has 1 aliphatic rings. The first-order valence-electron chi connectivity index (χ1n) is 15.5. The number of fused-ring (bicyclic) bond motifs is 1. The van der Waals surface area contributed by atoms with Gasteiger partial charge in [-0.25, -0.2) is 9.36 Å². The van der Waals surface area contributed by atoms with E-state index in [2.05, 4.69) is 16.0 Å². The number of aromatic nitrogens is 1. The first kappa shape index (κ1) is 38.0. The monoisotopic (exact) mass is 650 g/mol. The number of unbranched alkanes of at least 4 members (excludes halogenated alkanes) is 1. The van der Waals surface area contributed by atoms with E-state index in [4.69, 9.17) is 22.3 Å². The van der Waals surface area contributed by atoms with Crippen LogP contribution in [0, 0.1) is 0 Å². The van der Waals surface area contributed by atoms with Gasteiger partial charge >= 0.3 is 17.9 Å². The van der Waals surface area contributed by atoms with Gasteiger partial charge in [-0.05, 0) is 77.2 Å². The molecule has 0 saturated carbocycles. The van der Waals surface area contributed by atoms with Crippen molar-refractivity contribution in [3.63, 3.8) is 0 Å². The number of nitrogens with two attached hydrogens (primary N) is 3. The van der Waals surface area contributed by atoms with E-state index in [9.17, 15) is 39.0 Å². The van der Waals surface area contributed by atoms with Crippen molar-refractivity contribution in [3.05, 3.63) is 29.1 Å². The fraction of sp³-hybridized carbons (Fsp3) is 0.633. The second kappa shape index (κ2) is 18.1. The van der Waals surface area contributed by atoms with E-state index in [1.54, 1.807) is 0 Å². The Morgan fingerprint density at radius 1 is 0.848 bits per heavy atom. The predicted molar refractivity (Wildman–Crippen MR) is 164 cm³/mol. The van der Waals surface area contributed by atoms with Gasteiger partial charge in [-0.2, -0.15) is 0 Å². The van der Waals surface area contributed by atoms with Crippen molar-refractivity contribution >= 4 is 35.6 Å². The lowest BCUT2D eigenvalue weighted by Crippen LogP contribution is -2.55. The number of rotatable bonds is 11. The molecular weight excluding hydrogens is 602 g/mol. The number of hydrogen-bond acceptors (Lipinski definition) is 9. The van der Waals surface area contributed by atoms with Gasteiger partial charge < -0.3 is 48.5 Å². The molecular formula is C30H48N7O9+. The second-order valence-electron chi connectivity index (χ2n) is 11.8. The van der Waals surface area contributed by atoms with Crippen molar-refractivity contribution < 1.29 is 48.7 Å². The summed E-state index contributed by atoms with van der Waals surface area (Å²) in [7, 11) is 0. The van der Waals surface area contributed by atoms with Gasteiger partial charge in [0.25, 0.3) is 0 Å². The Kier molecular flexibility index (Phi) is 15.0. The van der Waals surface area contributed by atoms with Crippen LogP contribution < -0.4 is 37.7 Å². The van der Waals surface area contributed by atoms with Gasteiger partial charge in [0.05, 0.1) is 6.04 Å². The Bertz CT molecular complexity index is 1280. The van der Waals surface area contributed by atoms with Gasteiger partial charge in [0.15, 0.2) is 12.4 Å². The number of aryl methyl sites for hydroxylation is 3.